The molecule has 0 fully saturated rings. The Morgan fingerprint density at radius 1 is 1.31 bits per heavy atom. The van der Waals surface area contributed by atoms with E-state index in [1.807, 2.05) is 7.05 Å². The van der Waals surface area contributed by atoms with Crippen molar-refractivity contribution in [3.05, 3.63) is 29.8 Å². The molecule has 0 aliphatic carbocycles. The Labute approximate surface area is 98.1 Å². The number of benzene rings is 1. The second-order valence-corrected chi connectivity index (χ2v) is 4.15. The summed E-state index contributed by atoms with van der Waals surface area (Å²) in [5.74, 6) is 0. The molecule has 0 spiro atoms. The molecule has 1 aromatic carbocycles. The van der Waals surface area contributed by atoms with Crippen LogP contribution >= 0.6 is 0 Å². The van der Waals surface area contributed by atoms with Gasteiger partial charge in [-0.15, -0.1) is 0 Å². The van der Waals surface area contributed by atoms with Gasteiger partial charge in [0.1, 0.15) is 0 Å². The highest BCUT2D eigenvalue weighted by Crippen LogP contribution is 2.13. The number of nitrogens with zero attached hydrogens (tertiary/aromatic N) is 1. The number of hydrogen-bond donors (Lipinski definition) is 2. The van der Waals surface area contributed by atoms with Crippen molar-refractivity contribution in [3.8, 4) is 0 Å². The van der Waals surface area contributed by atoms with E-state index in [-0.39, 0.29) is 12.6 Å². The van der Waals surface area contributed by atoms with Gasteiger partial charge in [0.05, 0.1) is 6.61 Å². The zero-order valence-electron chi connectivity index (χ0n) is 10.4. The number of likely N-dealkylation sites (N-methyl/N-ethyl adjacent to an activating group) is 2. The zero-order chi connectivity index (χ0) is 12.0. The predicted octanol–water partition coefficient (Wildman–Crippen LogP) is 1.40. The molecule has 0 heterocycles. The summed E-state index contributed by atoms with van der Waals surface area (Å²) in [6, 6.07) is 8.56. The molecule has 0 saturated heterocycles. The van der Waals surface area contributed by atoms with Gasteiger partial charge in [0, 0.05) is 25.3 Å². The van der Waals surface area contributed by atoms with Crippen LogP contribution in [0.1, 0.15) is 12.5 Å². The summed E-state index contributed by atoms with van der Waals surface area (Å²) in [4.78, 5) is 2.16. The van der Waals surface area contributed by atoms with Gasteiger partial charge in [0.25, 0.3) is 0 Å². The highest BCUT2D eigenvalue weighted by Gasteiger charge is 2.09. The number of hydrogen-bond acceptors (Lipinski definition) is 3. The van der Waals surface area contributed by atoms with Crippen LogP contribution < -0.4 is 10.2 Å². The average Bonchev–Trinajstić information content (AvgIpc) is 2.29. The first-order valence-corrected chi connectivity index (χ1v) is 5.79. The molecule has 1 unspecified atom stereocenters. The smallest absolute Gasteiger partial charge is 0.0601 e. The SMILES string of the molecule is CCNC(CO)CN(C)c1ccc(C)cc1. The molecule has 1 rings (SSSR count). The van der Waals surface area contributed by atoms with E-state index in [1.165, 1.54) is 11.3 Å². The standard InChI is InChI=1S/C13H22N2O/c1-4-14-12(10-16)9-15(3)13-7-5-11(2)6-8-13/h5-8,12,14,16H,4,9-10H2,1-3H3. The summed E-state index contributed by atoms with van der Waals surface area (Å²) < 4.78 is 0. The lowest BCUT2D eigenvalue weighted by atomic mass is 10.2. The highest BCUT2D eigenvalue weighted by molar-refractivity contribution is 5.46. The Morgan fingerprint density at radius 2 is 1.94 bits per heavy atom. The van der Waals surface area contributed by atoms with Crippen LogP contribution in [0.15, 0.2) is 24.3 Å². The van der Waals surface area contributed by atoms with E-state index < -0.39 is 0 Å². The first-order chi connectivity index (χ1) is 7.67. The molecule has 1 aromatic rings. The summed E-state index contributed by atoms with van der Waals surface area (Å²) in [7, 11) is 2.05. The monoisotopic (exact) mass is 222 g/mol. The van der Waals surface area contributed by atoms with Gasteiger partial charge in [-0.25, -0.2) is 0 Å². The third-order valence-corrected chi connectivity index (χ3v) is 2.68. The van der Waals surface area contributed by atoms with Crippen molar-refractivity contribution in [3.63, 3.8) is 0 Å². The molecule has 0 bridgehead atoms. The predicted molar refractivity (Wildman–Crippen MR) is 69.0 cm³/mol. The molecule has 0 saturated carbocycles. The van der Waals surface area contributed by atoms with Gasteiger partial charge < -0.3 is 15.3 Å². The number of aliphatic hydroxyl groups excluding tert-OH is 1. The lowest BCUT2D eigenvalue weighted by Gasteiger charge is -2.25. The topological polar surface area (TPSA) is 35.5 Å². The van der Waals surface area contributed by atoms with Crippen LogP contribution in [-0.4, -0.2) is 37.9 Å². The second kappa shape index (κ2) is 6.51. The Bertz CT molecular complexity index is 297. The van der Waals surface area contributed by atoms with Crippen molar-refractivity contribution in [1.82, 2.24) is 5.32 Å². The number of aryl methyl sites for hydroxylation is 1. The maximum atomic E-state index is 9.21. The van der Waals surface area contributed by atoms with Crippen LogP contribution in [0.2, 0.25) is 0 Å². The molecule has 0 amide bonds. The molecular formula is C13H22N2O. The second-order valence-electron chi connectivity index (χ2n) is 4.15. The number of nitrogens with one attached hydrogen (secondary N) is 1. The van der Waals surface area contributed by atoms with Crippen LogP contribution in [-0.2, 0) is 0 Å². The maximum Gasteiger partial charge on any atom is 0.0601 e. The van der Waals surface area contributed by atoms with Crippen LogP contribution in [0.3, 0.4) is 0 Å². The van der Waals surface area contributed by atoms with Crippen molar-refractivity contribution >= 4 is 5.69 Å². The molecule has 0 aromatic heterocycles. The van der Waals surface area contributed by atoms with E-state index in [1.54, 1.807) is 0 Å². The van der Waals surface area contributed by atoms with Crippen molar-refractivity contribution in [1.29, 1.82) is 0 Å². The third kappa shape index (κ3) is 3.83. The summed E-state index contributed by atoms with van der Waals surface area (Å²) >= 11 is 0. The fourth-order valence-corrected chi connectivity index (χ4v) is 1.71. The fraction of sp³-hybridized carbons (Fsp3) is 0.538. The van der Waals surface area contributed by atoms with E-state index >= 15 is 0 Å². The minimum Gasteiger partial charge on any atom is -0.395 e. The molecule has 0 aliphatic rings. The average molecular weight is 222 g/mol. The van der Waals surface area contributed by atoms with Gasteiger partial charge in [-0.05, 0) is 25.6 Å². The minimum absolute atomic E-state index is 0.135. The third-order valence-electron chi connectivity index (χ3n) is 2.68. The van der Waals surface area contributed by atoms with Crippen LogP contribution in [0, 0.1) is 6.92 Å². The molecule has 0 aliphatic heterocycles. The molecule has 90 valence electrons. The van der Waals surface area contributed by atoms with Crippen molar-refractivity contribution in [2.24, 2.45) is 0 Å². The lowest BCUT2D eigenvalue weighted by Crippen LogP contribution is -2.42. The largest absolute Gasteiger partial charge is 0.395 e. The molecule has 0 radical (unpaired) electrons. The molecular weight excluding hydrogens is 200 g/mol. The van der Waals surface area contributed by atoms with E-state index in [0.717, 1.165) is 13.1 Å². The minimum atomic E-state index is 0.135. The number of rotatable bonds is 6. The van der Waals surface area contributed by atoms with E-state index in [2.05, 4.69) is 48.3 Å². The summed E-state index contributed by atoms with van der Waals surface area (Å²) in [6.07, 6.45) is 0. The molecule has 1 atom stereocenters. The first kappa shape index (κ1) is 13.0. The van der Waals surface area contributed by atoms with E-state index in [4.69, 9.17) is 0 Å². The Hall–Kier alpha value is -1.06. The Balaban J connectivity index is 2.56. The number of aliphatic hydroxyl groups is 1. The van der Waals surface area contributed by atoms with Gasteiger partial charge in [-0.2, -0.15) is 0 Å². The fourth-order valence-electron chi connectivity index (χ4n) is 1.71. The van der Waals surface area contributed by atoms with Gasteiger partial charge in [-0.1, -0.05) is 24.6 Å². The van der Waals surface area contributed by atoms with Gasteiger partial charge in [0.15, 0.2) is 0 Å². The van der Waals surface area contributed by atoms with Crippen molar-refractivity contribution in [2.75, 3.05) is 31.6 Å². The first-order valence-electron chi connectivity index (χ1n) is 5.79. The van der Waals surface area contributed by atoms with Crippen LogP contribution in [0.25, 0.3) is 0 Å². The van der Waals surface area contributed by atoms with Gasteiger partial charge in [-0.3, -0.25) is 0 Å². The van der Waals surface area contributed by atoms with E-state index in [0.29, 0.717) is 0 Å². The normalized spacial score (nSPS) is 12.5. The molecule has 16 heavy (non-hydrogen) atoms. The molecule has 3 nitrogen and oxygen atoms in total. The number of anilines is 1. The van der Waals surface area contributed by atoms with Gasteiger partial charge >= 0.3 is 0 Å². The lowest BCUT2D eigenvalue weighted by molar-refractivity contribution is 0.246. The van der Waals surface area contributed by atoms with E-state index in [9.17, 15) is 5.11 Å². The van der Waals surface area contributed by atoms with Crippen LogP contribution in [0.5, 0.6) is 0 Å². The maximum absolute atomic E-state index is 9.21. The Kier molecular flexibility index (Phi) is 5.29. The van der Waals surface area contributed by atoms with Crippen molar-refractivity contribution in [2.45, 2.75) is 19.9 Å². The Morgan fingerprint density at radius 3 is 2.44 bits per heavy atom. The molecule has 2 N–H and O–H groups in total. The van der Waals surface area contributed by atoms with Gasteiger partial charge in [0.2, 0.25) is 0 Å². The van der Waals surface area contributed by atoms with Crippen LogP contribution in [0.4, 0.5) is 5.69 Å². The zero-order valence-corrected chi connectivity index (χ0v) is 10.4. The summed E-state index contributed by atoms with van der Waals surface area (Å²) in [5.41, 5.74) is 2.45. The molecule has 3 heteroatoms. The summed E-state index contributed by atoms with van der Waals surface area (Å²) in [5, 5.41) is 12.5. The highest BCUT2D eigenvalue weighted by atomic mass is 16.3. The summed E-state index contributed by atoms with van der Waals surface area (Å²) in [6.45, 7) is 6.00. The quantitative estimate of drug-likeness (QED) is 0.764. The van der Waals surface area contributed by atoms with Crippen molar-refractivity contribution < 1.29 is 5.11 Å².